The van der Waals surface area contributed by atoms with Crippen LogP contribution in [0.4, 0.5) is 5.82 Å². The first-order valence-corrected chi connectivity index (χ1v) is 11.2. The minimum Gasteiger partial charge on any atom is -0.381 e. The van der Waals surface area contributed by atoms with Crippen LogP contribution in [0.25, 0.3) is 16.4 Å². The molecule has 0 aliphatic heterocycles. The van der Waals surface area contributed by atoms with Gasteiger partial charge >= 0.3 is 0 Å². The number of nitrogen functional groups attached to an aromatic ring is 1. The summed E-state index contributed by atoms with van der Waals surface area (Å²) in [6.45, 7) is 4.29. The van der Waals surface area contributed by atoms with E-state index in [1.165, 1.54) is 4.52 Å². The number of aromatic nitrogens is 6. The van der Waals surface area contributed by atoms with Crippen molar-refractivity contribution in [3.63, 3.8) is 0 Å². The zero-order chi connectivity index (χ0) is 25.1. The lowest BCUT2D eigenvalue weighted by molar-refractivity contribution is 0.100. The number of primary amides is 1. The molecule has 1 amide bonds. The molecule has 0 aliphatic carbocycles. The van der Waals surface area contributed by atoms with Gasteiger partial charge in [-0.2, -0.15) is 4.98 Å². The van der Waals surface area contributed by atoms with E-state index < -0.39 is 5.91 Å². The Morgan fingerprint density at radius 1 is 1.26 bits per heavy atom. The van der Waals surface area contributed by atoms with Gasteiger partial charge in [-0.3, -0.25) is 9.59 Å². The molecule has 0 unspecified atom stereocenters. The average molecular weight is 495 g/mol. The molecule has 0 fully saturated rings. The summed E-state index contributed by atoms with van der Waals surface area (Å²) in [7, 11) is 0. The molecule has 12 heteroatoms. The summed E-state index contributed by atoms with van der Waals surface area (Å²) < 4.78 is 8.26. The van der Waals surface area contributed by atoms with Crippen LogP contribution in [0, 0.1) is 6.92 Å². The Bertz CT molecular complexity index is 1590. The maximum atomic E-state index is 12.8. The fourth-order valence-electron chi connectivity index (χ4n) is 3.74. The van der Waals surface area contributed by atoms with E-state index in [1.54, 1.807) is 36.0 Å². The second kappa shape index (κ2) is 9.94. The summed E-state index contributed by atoms with van der Waals surface area (Å²) in [5, 5.41) is 9.54. The topological polar surface area (TPSA) is 160 Å². The molecule has 5 rings (SSSR count). The van der Waals surface area contributed by atoms with E-state index in [0.717, 1.165) is 17.5 Å². The van der Waals surface area contributed by atoms with Crippen molar-refractivity contribution >= 4 is 39.7 Å². The van der Waals surface area contributed by atoms with Crippen molar-refractivity contribution in [1.29, 1.82) is 0 Å². The molecule has 4 heterocycles. The summed E-state index contributed by atoms with van der Waals surface area (Å²) in [5.41, 5.74) is 12.0. The number of hydrogen-bond donors (Lipinski definition) is 2. The van der Waals surface area contributed by atoms with Crippen LogP contribution < -0.4 is 17.0 Å². The number of amides is 1. The summed E-state index contributed by atoms with van der Waals surface area (Å²) in [6, 6.07) is 9.21. The number of aryl methyl sites for hydroxylation is 3. The lowest BCUT2D eigenvalue weighted by Crippen LogP contribution is -2.24. The van der Waals surface area contributed by atoms with Crippen LogP contribution in [0.1, 0.15) is 34.7 Å². The van der Waals surface area contributed by atoms with Gasteiger partial charge < -0.3 is 20.6 Å². The summed E-state index contributed by atoms with van der Waals surface area (Å²) in [4.78, 5) is 31.8. The number of nitrogens with two attached hydrogens (primary N) is 2. The first-order chi connectivity index (χ1) is 16.8. The largest absolute Gasteiger partial charge is 0.381 e. The third-order valence-corrected chi connectivity index (χ3v) is 5.64. The Hall–Kier alpha value is -4.25. The zero-order valence-corrected chi connectivity index (χ0v) is 19.9. The molecule has 0 bridgehead atoms. The average Bonchev–Trinajstić information content (AvgIpc) is 3.40. The molecule has 0 aliphatic rings. The van der Waals surface area contributed by atoms with Gasteiger partial charge in [0.15, 0.2) is 17.3 Å². The number of benzene rings is 1. The number of carbonyl (C=O) groups excluding carboxylic acids is 1. The summed E-state index contributed by atoms with van der Waals surface area (Å²) in [6.07, 6.45) is 4.47. The Morgan fingerprint density at radius 3 is 2.74 bits per heavy atom. The Kier molecular flexibility index (Phi) is 6.78. The molecular weight excluding hydrogens is 472 g/mol. The molecule has 4 aromatic heterocycles. The van der Waals surface area contributed by atoms with E-state index in [0.29, 0.717) is 40.7 Å². The molecule has 1 aromatic carbocycles. The van der Waals surface area contributed by atoms with Crippen molar-refractivity contribution in [2.24, 2.45) is 5.73 Å². The molecular formula is C23H23ClN8O3. The van der Waals surface area contributed by atoms with Crippen molar-refractivity contribution in [2.45, 2.75) is 33.2 Å². The van der Waals surface area contributed by atoms with Gasteiger partial charge in [0.05, 0.1) is 10.4 Å². The van der Waals surface area contributed by atoms with Crippen LogP contribution in [0.15, 0.2) is 52.0 Å². The van der Waals surface area contributed by atoms with E-state index in [9.17, 15) is 9.59 Å². The number of halogens is 1. The fourth-order valence-corrected chi connectivity index (χ4v) is 4.00. The number of hydrogen-bond acceptors (Lipinski definition) is 8. The second-order valence-corrected chi connectivity index (χ2v) is 8.05. The number of carbonyl (C=O) groups is 1. The van der Waals surface area contributed by atoms with E-state index in [1.807, 2.05) is 25.1 Å². The number of rotatable bonds is 5. The third-order valence-electron chi connectivity index (χ3n) is 5.32. The van der Waals surface area contributed by atoms with Crippen LogP contribution in [0.3, 0.4) is 0 Å². The summed E-state index contributed by atoms with van der Waals surface area (Å²) in [5.74, 6) is 0.614. The molecule has 4 N–H and O–H groups in total. The van der Waals surface area contributed by atoms with Crippen molar-refractivity contribution in [1.82, 2.24) is 29.3 Å². The van der Waals surface area contributed by atoms with Crippen molar-refractivity contribution in [2.75, 3.05) is 5.73 Å². The Morgan fingerprint density at radius 2 is 2.06 bits per heavy atom. The molecule has 0 saturated carbocycles. The number of fused-ring (bicyclic) bond motifs is 2. The molecule has 0 spiro atoms. The van der Waals surface area contributed by atoms with E-state index in [-0.39, 0.29) is 16.9 Å². The van der Waals surface area contributed by atoms with Gasteiger partial charge in [0.25, 0.3) is 11.5 Å². The normalized spacial score (nSPS) is 10.9. The first-order valence-electron chi connectivity index (χ1n) is 10.8. The standard InChI is InChI=1S/C16H16ClN3O2.C7H7N5O/c1-3-12-9-11-5-4-6-13(17)15(11)16(21)20(12)8-7-14-18-10(2)19-22-14;8-5-4(6(9)13)7-10-2-1-3-12(7)11-5/h4-6,9H,3,7-8H2,1-2H3;1-3H,(H2,8,11)(H2,9,13). The van der Waals surface area contributed by atoms with Crippen molar-refractivity contribution < 1.29 is 9.32 Å². The molecule has 0 saturated heterocycles. The molecule has 0 radical (unpaired) electrons. The maximum Gasteiger partial charge on any atom is 0.260 e. The minimum atomic E-state index is -0.619. The third kappa shape index (κ3) is 4.85. The molecule has 0 atom stereocenters. The van der Waals surface area contributed by atoms with Crippen LogP contribution in [0.5, 0.6) is 0 Å². The molecule has 5 aromatic rings. The number of anilines is 1. The van der Waals surface area contributed by atoms with Gasteiger partial charge in [-0.05, 0) is 36.9 Å². The molecule has 11 nitrogen and oxygen atoms in total. The van der Waals surface area contributed by atoms with Crippen LogP contribution in [-0.4, -0.2) is 35.2 Å². The number of nitrogens with zero attached hydrogens (tertiary/aromatic N) is 6. The quantitative estimate of drug-likeness (QED) is 0.377. The maximum absolute atomic E-state index is 12.8. The van der Waals surface area contributed by atoms with Gasteiger partial charge in [0, 0.05) is 31.1 Å². The highest BCUT2D eigenvalue weighted by molar-refractivity contribution is 6.35. The van der Waals surface area contributed by atoms with Crippen molar-refractivity contribution in [3.8, 4) is 0 Å². The van der Waals surface area contributed by atoms with Crippen LogP contribution >= 0.6 is 11.6 Å². The molecule has 35 heavy (non-hydrogen) atoms. The van der Waals surface area contributed by atoms with Crippen molar-refractivity contribution in [3.05, 3.63) is 81.1 Å². The predicted molar refractivity (Wildman–Crippen MR) is 131 cm³/mol. The van der Waals surface area contributed by atoms with Gasteiger partial charge in [0.2, 0.25) is 5.89 Å². The lowest BCUT2D eigenvalue weighted by atomic mass is 10.1. The Balaban J connectivity index is 0.000000189. The number of pyridine rings is 1. The first kappa shape index (κ1) is 23.9. The van der Waals surface area contributed by atoms with Gasteiger partial charge in [-0.1, -0.05) is 35.8 Å². The SMILES string of the molecule is CCc1cc2cccc(Cl)c2c(=O)n1CCc1nc(C)no1.NC(=O)c1c(N)nn2cccnc12. The van der Waals surface area contributed by atoms with Gasteiger partial charge in [-0.25, -0.2) is 9.50 Å². The lowest BCUT2D eigenvalue weighted by Gasteiger charge is -2.13. The Labute approximate surface area is 204 Å². The fraction of sp³-hybridized carbons (Fsp3) is 0.217. The van der Waals surface area contributed by atoms with E-state index >= 15 is 0 Å². The van der Waals surface area contributed by atoms with E-state index in [2.05, 4.69) is 20.2 Å². The minimum absolute atomic E-state index is 0.0730. The van der Waals surface area contributed by atoms with Gasteiger partial charge in [0.1, 0.15) is 5.56 Å². The van der Waals surface area contributed by atoms with Crippen LogP contribution in [0.2, 0.25) is 5.02 Å². The monoisotopic (exact) mass is 494 g/mol. The van der Waals surface area contributed by atoms with E-state index in [4.69, 9.17) is 27.6 Å². The zero-order valence-electron chi connectivity index (χ0n) is 19.1. The predicted octanol–water partition coefficient (Wildman–Crippen LogP) is 2.56. The van der Waals surface area contributed by atoms with Gasteiger partial charge in [-0.15, -0.1) is 5.10 Å². The van der Waals surface area contributed by atoms with Crippen LogP contribution in [-0.2, 0) is 19.4 Å². The smallest absolute Gasteiger partial charge is 0.260 e. The second-order valence-electron chi connectivity index (χ2n) is 7.65. The highest BCUT2D eigenvalue weighted by Crippen LogP contribution is 2.21. The summed E-state index contributed by atoms with van der Waals surface area (Å²) >= 11 is 6.20. The highest BCUT2D eigenvalue weighted by Gasteiger charge is 2.15. The highest BCUT2D eigenvalue weighted by atomic mass is 35.5. The molecule has 180 valence electrons.